The predicted molar refractivity (Wildman–Crippen MR) is 94.5 cm³/mol. The second-order valence-corrected chi connectivity index (χ2v) is 7.36. The Labute approximate surface area is 156 Å². The van der Waals surface area contributed by atoms with Crippen molar-refractivity contribution in [3.8, 4) is 0 Å². The van der Waals surface area contributed by atoms with Crippen LogP contribution in [0.25, 0.3) is 0 Å². The van der Waals surface area contributed by atoms with Gasteiger partial charge in [-0.2, -0.15) is 0 Å². The first kappa shape index (κ1) is 18.0. The molecule has 0 spiro atoms. The van der Waals surface area contributed by atoms with E-state index < -0.39 is 17.5 Å². The topological polar surface area (TPSA) is 69.7 Å². The Balaban J connectivity index is 1.80. The van der Waals surface area contributed by atoms with Gasteiger partial charge in [-0.3, -0.25) is 14.5 Å². The molecule has 4 amide bonds. The fraction of sp³-hybridized carbons (Fsp3) is 0.471. The van der Waals surface area contributed by atoms with Crippen molar-refractivity contribution >= 4 is 41.0 Å². The molecule has 0 saturated carbocycles. The molecule has 2 aliphatic heterocycles. The number of urea groups is 1. The van der Waals surface area contributed by atoms with Crippen LogP contribution in [-0.2, 0) is 15.1 Å². The number of hydrogen-bond acceptors (Lipinski definition) is 3. The van der Waals surface area contributed by atoms with Crippen molar-refractivity contribution in [2.75, 3.05) is 19.6 Å². The van der Waals surface area contributed by atoms with Crippen molar-refractivity contribution < 1.29 is 14.4 Å². The number of rotatable bonds is 3. The summed E-state index contributed by atoms with van der Waals surface area (Å²) in [6.07, 6.45) is 2.99. The van der Waals surface area contributed by atoms with E-state index in [-0.39, 0.29) is 17.5 Å². The molecule has 0 unspecified atom stereocenters. The molecule has 2 heterocycles. The summed E-state index contributed by atoms with van der Waals surface area (Å²) in [7, 11) is 0. The lowest BCUT2D eigenvalue weighted by Crippen LogP contribution is -2.45. The maximum Gasteiger partial charge on any atom is 0.325 e. The molecule has 1 aromatic rings. The molecule has 0 aromatic heterocycles. The van der Waals surface area contributed by atoms with E-state index in [1.165, 1.54) is 6.07 Å². The highest BCUT2D eigenvalue weighted by molar-refractivity contribution is 6.35. The summed E-state index contributed by atoms with van der Waals surface area (Å²) in [5.41, 5.74) is -0.870. The molecular formula is C17H19Cl2N3O3. The van der Waals surface area contributed by atoms with Crippen LogP contribution in [0.1, 0.15) is 31.7 Å². The zero-order valence-corrected chi connectivity index (χ0v) is 15.4. The van der Waals surface area contributed by atoms with Crippen molar-refractivity contribution in [1.29, 1.82) is 0 Å². The first-order valence-corrected chi connectivity index (χ1v) is 8.96. The highest BCUT2D eigenvalue weighted by Gasteiger charge is 2.50. The highest BCUT2D eigenvalue weighted by atomic mass is 35.5. The molecule has 2 saturated heterocycles. The summed E-state index contributed by atoms with van der Waals surface area (Å²) in [4.78, 5) is 40.3. The van der Waals surface area contributed by atoms with Crippen LogP contribution in [-0.4, -0.2) is 47.3 Å². The lowest BCUT2D eigenvalue weighted by Gasteiger charge is -2.28. The van der Waals surface area contributed by atoms with E-state index in [0.29, 0.717) is 23.7 Å². The maximum absolute atomic E-state index is 12.9. The number of imide groups is 1. The molecule has 0 radical (unpaired) electrons. The largest absolute Gasteiger partial charge is 0.341 e. The van der Waals surface area contributed by atoms with E-state index in [1.807, 2.05) is 0 Å². The molecule has 6 nitrogen and oxygen atoms in total. The number of likely N-dealkylation sites (tertiary alicyclic amines) is 1. The van der Waals surface area contributed by atoms with Gasteiger partial charge < -0.3 is 10.2 Å². The Hall–Kier alpha value is -1.79. The van der Waals surface area contributed by atoms with Gasteiger partial charge in [0.2, 0.25) is 5.91 Å². The van der Waals surface area contributed by atoms with Gasteiger partial charge in [-0.05, 0) is 38.3 Å². The minimum absolute atomic E-state index is 0.213. The molecule has 3 rings (SSSR count). The third kappa shape index (κ3) is 3.33. The molecule has 0 bridgehead atoms. The number of amides is 4. The van der Waals surface area contributed by atoms with Crippen molar-refractivity contribution in [3.63, 3.8) is 0 Å². The van der Waals surface area contributed by atoms with Crippen LogP contribution in [0.3, 0.4) is 0 Å². The lowest BCUT2D eigenvalue weighted by atomic mass is 9.92. The van der Waals surface area contributed by atoms with Crippen LogP contribution in [0.5, 0.6) is 0 Å². The van der Waals surface area contributed by atoms with Crippen molar-refractivity contribution in [3.05, 3.63) is 33.8 Å². The first-order chi connectivity index (χ1) is 11.8. The average molecular weight is 384 g/mol. The normalized spacial score (nSPS) is 23.8. The zero-order chi connectivity index (χ0) is 18.2. The Morgan fingerprint density at radius 2 is 1.88 bits per heavy atom. The van der Waals surface area contributed by atoms with E-state index in [9.17, 15) is 14.4 Å². The Morgan fingerprint density at radius 1 is 1.20 bits per heavy atom. The number of carbonyl (C=O) groups excluding carboxylic acids is 3. The Kier molecular flexibility index (Phi) is 4.93. The number of piperidine rings is 1. The predicted octanol–water partition coefficient (Wildman–Crippen LogP) is 2.77. The third-order valence-electron chi connectivity index (χ3n) is 4.75. The van der Waals surface area contributed by atoms with Crippen LogP contribution in [0.4, 0.5) is 4.79 Å². The van der Waals surface area contributed by atoms with Crippen molar-refractivity contribution in [2.45, 2.75) is 31.7 Å². The number of halogens is 2. The monoisotopic (exact) mass is 383 g/mol. The number of benzene rings is 1. The molecule has 0 aliphatic carbocycles. The van der Waals surface area contributed by atoms with Gasteiger partial charge in [-0.15, -0.1) is 0 Å². The average Bonchev–Trinajstić information content (AvgIpc) is 2.79. The lowest BCUT2D eigenvalue weighted by molar-refractivity contribution is -0.139. The van der Waals surface area contributed by atoms with Crippen LogP contribution in [0.15, 0.2) is 18.2 Å². The van der Waals surface area contributed by atoms with Gasteiger partial charge in [-0.1, -0.05) is 29.3 Å². The molecule has 1 aromatic carbocycles. The highest BCUT2D eigenvalue weighted by Crippen LogP contribution is 2.35. The quantitative estimate of drug-likeness (QED) is 0.815. The number of nitrogens with zero attached hydrogens (tertiary/aromatic N) is 2. The van der Waals surface area contributed by atoms with Gasteiger partial charge in [0.05, 0.1) is 0 Å². The molecular weight excluding hydrogens is 365 g/mol. The van der Waals surface area contributed by atoms with E-state index in [0.717, 1.165) is 24.2 Å². The molecule has 1 atom stereocenters. The second-order valence-electron chi connectivity index (χ2n) is 6.51. The van der Waals surface area contributed by atoms with E-state index in [1.54, 1.807) is 24.0 Å². The van der Waals surface area contributed by atoms with Gasteiger partial charge in [0.15, 0.2) is 0 Å². The van der Waals surface area contributed by atoms with Gasteiger partial charge in [0.1, 0.15) is 12.1 Å². The molecule has 2 aliphatic rings. The summed E-state index contributed by atoms with van der Waals surface area (Å²) in [5.74, 6) is -0.707. The third-order valence-corrected chi connectivity index (χ3v) is 5.29. The fourth-order valence-corrected chi connectivity index (χ4v) is 3.89. The van der Waals surface area contributed by atoms with Crippen LogP contribution in [0.2, 0.25) is 10.0 Å². The van der Waals surface area contributed by atoms with Gasteiger partial charge in [0.25, 0.3) is 5.91 Å². The molecule has 25 heavy (non-hydrogen) atoms. The summed E-state index contributed by atoms with van der Waals surface area (Å²) >= 11 is 12.1. The molecule has 2 fully saturated rings. The molecule has 8 heteroatoms. The van der Waals surface area contributed by atoms with Gasteiger partial charge >= 0.3 is 6.03 Å². The van der Waals surface area contributed by atoms with E-state index in [4.69, 9.17) is 23.2 Å². The second kappa shape index (κ2) is 6.84. The smallest absolute Gasteiger partial charge is 0.325 e. The summed E-state index contributed by atoms with van der Waals surface area (Å²) in [6, 6.07) is 4.14. The number of carbonyl (C=O) groups is 3. The van der Waals surface area contributed by atoms with Gasteiger partial charge in [-0.25, -0.2) is 4.79 Å². The minimum atomic E-state index is -1.32. The standard InChI is InChI=1S/C17H19Cl2N3O3/c1-17(12-6-5-11(18)9-13(12)19)15(24)22(16(25)20-17)10-14(23)21-7-3-2-4-8-21/h5-6,9H,2-4,7-8,10H2,1H3,(H,20,25)/t17-/m0/s1. The van der Waals surface area contributed by atoms with Crippen LogP contribution >= 0.6 is 23.2 Å². The van der Waals surface area contributed by atoms with Crippen LogP contribution in [0, 0.1) is 0 Å². The van der Waals surface area contributed by atoms with Crippen LogP contribution < -0.4 is 5.32 Å². The van der Waals surface area contributed by atoms with E-state index >= 15 is 0 Å². The molecule has 1 N–H and O–H groups in total. The van der Waals surface area contributed by atoms with Gasteiger partial charge in [0, 0.05) is 28.7 Å². The summed E-state index contributed by atoms with van der Waals surface area (Å²) < 4.78 is 0. The van der Waals surface area contributed by atoms with Crippen molar-refractivity contribution in [2.24, 2.45) is 0 Å². The maximum atomic E-state index is 12.9. The zero-order valence-electron chi connectivity index (χ0n) is 13.8. The Bertz CT molecular complexity index is 734. The number of hydrogen-bond donors (Lipinski definition) is 1. The van der Waals surface area contributed by atoms with Crippen molar-refractivity contribution in [1.82, 2.24) is 15.1 Å². The Morgan fingerprint density at radius 3 is 2.52 bits per heavy atom. The first-order valence-electron chi connectivity index (χ1n) is 8.20. The minimum Gasteiger partial charge on any atom is -0.341 e. The molecule has 134 valence electrons. The SMILES string of the molecule is C[C@@]1(c2ccc(Cl)cc2Cl)NC(=O)N(CC(=O)N2CCCCC2)C1=O. The van der Waals surface area contributed by atoms with E-state index in [2.05, 4.69) is 5.32 Å². The summed E-state index contributed by atoms with van der Waals surface area (Å²) in [6.45, 7) is 2.66. The number of nitrogens with one attached hydrogen (secondary N) is 1. The fourth-order valence-electron chi connectivity index (χ4n) is 3.30. The summed E-state index contributed by atoms with van der Waals surface area (Å²) in [5, 5.41) is 3.38.